The third-order valence-corrected chi connectivity index (χ3v) is 3.11. The average Bonchev–Trinajstić information content (AvgIpc) is 2.35. The summed E-state index contributed by atoms with van der Waals surface area (Å²) in [6.07, 6.45) is 8.27. The second-order valence-corrected chi connectivity index (χ2v) is 4.67. The fraction of sp³-hybridized carbons (Fsp3) is 0.571. The molecule has 0 aromatic heterocycles. The summed E-state index contributed by atoms with van der Waals surface area (Å²) in [6.45, 7) is 2.20. The largest absolute Gasteiger partial charge is 0.393 e. The molecule has 4 heteroatoms. The maximum Gasteiger partial charge on any atom is 0.292 e. The second kappa shape index (κ2) is 7.69. The second-order valence-electron chi connectivity index (χ2n) is 4.67. The smallest absolute Gasteiger partial charge is 0.292 e. The summed E-state index contributed by atoms with van der Waals surface area (Å²) in [5.41, 5.74) is 6.83. The van der Waals surface area contributed by atoms with Crippen molar-refractivity contribution in [1.82, 2.24) is 0 Å². The van der Waals surface area contributed by atoms with Crippen LogP contribution in [0.1, 0.15) is 51.0 Å². The molecule has 0 saturated carbocycles. The predicted molar refractivity (Wildman–Crippen MR) is 74.6 cm³/mol. The number of unbranched alkanes of at least 4 members (excludes halogenated alkanes) is 5. The molecule has 0 fully saturated rings. The predicted octanol–water partition coefficient (Wildman–Crippen LogP) is 4.08. The molecule has 2 N–H and O–H groups in total. The van der Waals surface area contributed by atoms with Gasteiger partial charge in [-0.1, -0.05) is 45.1 Å². The summed E-state index contributed by atoms with van der Waals surface area (Å²) in [5.74, 6) is 0. The summed E-state index contributed by atoms with van der Waals surface area (Å²) in [4.78, 5) is 10.3. The molecule has 100 valence electrons. The topological polar surface area (TPSA) is 69.2 Å². The molecule has 1 rings (SSSR count). The van der Waals surface area contributed by atoms with Crippen LogP contribution in [-0.2, 0) is 6.42 Å². The molecule has 0 aliphatic carbocycles. The van der Waals surface area contributed by atoms with Gasteiger partial charge in [-0.25, -0.2) is 0 Å². The molecule has 18 heavy (non-hydrogen) atoms. The molecule has 0 saturated heterocycles. The number of nitrogen functional groups attached to an aromatic ring is 1. The number of nitrogens with zero attached hydrogens (tertiary/aromatic N) is 1. The van der Waals surface area contributed by atoms with Crippen molar-refractivity contribution in [2.45, 2.75) is 51.9 Å². The number of nitro benzene ring substituents is 1. The normalized spacial score (nSPS) is 10.5. The number of benzene rings is 1. The third-order valence-electron chi connectivity index (χ3n) is 3.11. The molecule has 0 spiro atoms. The van der Waals surface area contributed by atoms with Crippen molar-refractivity contribution >= 4 is 11.4 Å². The van der Waals surface area contributed by atoms with Gasteiger partial charge in [-0.3, -0.25) is 10.1 Å². The SMILES string of the molecule is CCCCCCCCc1ccc(N)c([N+](=O)[O-])c1. The first kappa shape index (κ1) is 14.5. The lowest BCUT2D eigenvalue weighted by atomic mass is 10.0. The minimum atomic E-state index is -0.417. The van der Waals surface area contributed by atoms with Gasteiger partial charge in [-0.2, -0.15) is 0 Å². The molecule has 0 amide bonds. The Morgan fingerprint density at radius 3 is 2.50 bits per heavy atom. The molecule has 4 nitrogen and oxygen atoms in total. The van der Waals surface area contributed by atoms with Crippen molar-refractivity contribution in [1.29, 1.82) is 0 Å². The van der Waals surface area contributed by atoms with Crippen LogP contribution in [0.25, 0.3) is 0 Å². The lowest BCUT2D eigenvalue weighted by Gasteiger charge is -2.03. The van der Waals surface area contributed by atoms with Crippen LogP contribution < -0.4 is 5.73 Å². The molecule has 0 aliphatic heterocycles. The Hall–Kier alpha value is -1.58. The van der Waals surface area contributed by atoms with Gasteiger partial charge < -0.3 is 5.73 Å². The van der Waals surface area contributed by atoms with Crippen LogP contribution in [-0.4, -0.2) is 4.92 Å². The first-order valence-electron chi connectivity index (χ1n) is 6.68. The minimum Gasteiger partial charge on any atom is -0.393 e. The maximum atomic E-state index is 10.7. The minimum absolute atomic E-state index is 0.0264. The van der Waals surface area contributed by atoms with Crippen LogP contribution in [0.5, 0.6) is 0 Å². The van der Waals surface area contributed by atoms with Gasteiger partial charge >= 0.3 is 0 Å². The van der Waals surface area contributed by atoms with Crippen LogP contribution in [0.15, 0.2) is 18.2 Å². The van der Waals surface area contributed by atoms with E-state index in [1.165, 1.54) is 32.1 Å². The van der Waals surface area contributed by atoms with E-state index < -0.39 is 4.92 Å². The highest BCUT2D eigenvalue weighted by Crippen LogP contribution is 2.23. The molecule has 0 bridgehead atoms. The lowest BCUT2D eigenvalue weighted by molar-refractivity contribution is -0.384. The van der Waals surface area contributed by atoms with E-state index in [1.807, 2.05) is 6.07 Å². The van der Waals surface area contributed by atoms with Gasteiger partial charge in [0.1, 0.15) is 5.69 Å². The van der Waals surface area contributed by atoms with Crippen LogP contribution >= 0.6 is 0 Å². The Kier molecular flexibility index (Phi) is 6.19. The number of aryl methyl sites for hydroxylation is 1. The number of nitrogens with two attached hydrogens (primary N) is 1. The summed E-state index contributed by atoms with van der Waals surface area (Å²) < 4.78 is 0. The molecule has 1 aromatic carbocycles. The molecule has 0 heterocycles. The van der Waals surface area contributed by atoms with Crippen LogP contribution in [0, 0.1) is 10.1 Å². The zero-order valence-electron chi connectivity index (χ0n) is 11.0. The zero-order chi connectivity index (χ0) is 13.4. The highest BCUT2D eigenvalue weighted by molar-refractivity contribution is 5.59. The van der Waals surface area contributed by atoms with Gasteiger partial charge in [0.25, 0.3) is 5.69 Å². The van der Waals surface area contributed by atoms with Gasteiger partial charge in [0.05, 0.1) is 4.92 Å². The quantitative estimate of drug-likeness (QED) is 0.327. The Bertz CT molecular complexity index is 391. The number of anilines is 1. The summed E-state index contributed by atoms with van der Waals surface area (Å²) in [7, 11) is 0. The van der Waals surface area contributed by atoms with Gasteiger partial charge in [0.15, 0.2) is 0 Å². The van der Waals surface area contributed by atoms with Crippen LogP contribution in [0.4, 0.5) is 11.4 Å². The number of hydrogen-bond acceptors (Lipinski definition) is 3. The summed E-state index contributed by atoms with van der Waals surface area (Å²) >= 11 is 0. The van der Waals surface area contributed by atoms with Crippen molar-refractivity contribution in [2.24, 2.45) is 0 Å². The van der Waals surface area contributed by atoms with Crippen LogP contribution in [0.2, 0.25) is 0 Å². The van der Waals surface area contributed by atoms with Crippen LogP contribution in [0.3, 0.4) is 0 Å². The van der Waals surface area contributed by atoms with Crippen molar-refractivity contribution in [3.63, 3.8) is 0 Å². The van der Waals surface area contributed by atoms with Gasteiger partial charge in [0, 0.05) is 6.07 Å². The van der Waals surface area contributed by atoms with E-state index in [0.717, 1.165) is 18.4 Å². The van der Waals surface area contributed by atoms with Crippen molar-refractivity contribution in [2.75, 3.05) is 5.73 Å². The third kappa shape index (κ3) is 4.73. The fourth-order valence-electron chi connectivity index (χ4n) is 2.01. The maximum absolute atomic E-state index is 10.7. The Morgan fingerprint density at radius 2 is 1.83 bits per heavy atom. The van der Waals surface area contributed by atoms with E-state index in [9.17, 15) is 10.1 Å². The average molecular weight is 250 g/mol. The zero-order valence-corrected chi connectivity index (χ0v) is 11.0. The number of rotatable bonds is 8. The Labute approximate surface area is 108 Å². The van der Waals surface area contributed by atoms with E-state index in [4.69, 9.17) is 5.73 Å². The molecule has 0 radical (unpaired) electrons. The Balaban J connectivity index is 2.38. The first-order chi connectivity index (χ1) is 8.65. The molecular weight excluding hydrogens is 228 g/mol. The summed E-state index contributed by atoms with van der Waals surface area (Å²) in [6, 6.07) is 5.11. The van der Waals surface area contributed by atoms with E-state index in [1.54, 1.807) is 12.1 Å². The lowest BCUT2D eigenvalue weighted by Crippen LogP contribution is -1.97. The highest BCUT2D eigenvalue weighted by Gasteiger charge is 2.11. The van der Waals surface area contributed by atoms with E-state index in [-0.39, 0.29) is 11.4 Å². The van der Waals surface area contributed by atoms with E-state index >= 15 is 0 Å². The molecular formula is C14H22N2O2. The molecule has 0 aliphatic rings. The molecule has 0 atom stereocenters. The highest BCUT2D eigenvalue weighted by atomic mass is 16.6. The number of hydrogen-bond donors (Lipinski definition) is 1. The Morgan fingerprint density at radius 1 is 1.17 bits per heavy atom. The number of nitro groups is 1. The van der Waals surface area contributed by atoms with Crippen molar-refractivity contribution in [3.05, 3.63) is 33.9 Å². The standard InChI is InChI=1S/C14H22N2O2/c1-2-3-4-5-6-7-8-12-9-10-13(15)14(11-12)16(17)18/h9-11H,2-8,15H2,1H3. The van der Waals surface area contributed by atoms with Gasteiger partial charge in [-0.15, -0.1) is 0 Å². The monoisotopic (exact) mass is 250 g/mol. The molecule has 1 aromatic rings. The van der Waals surface area contributed by atoms with E-state index in [2.05, 4.69) is 6.92 Å². The van der Waals surface area contributed by atoms with Crippen molar-refractivity contribution in [3.8, 4) is 0 Å². The summed E-state index contributed by atoms with van der Waals surface area (Å²) in [5, 5.41) is 10.7. The van der Waals surface area contributed by atoms with Gasteiger partial charge in [-0.05, 0) is 24.5 Å². The van der Waals surface area contributed by atoms with E-state index in [0.29, 0.717) is 0 Å². The van der Waals surface area contributed by atoms with Crippen molar-refractivity contribution < 1.29 is 4.92 Å². The first-order valence-corrected chi connectivity index (χ1v) is 6.68. The van der Waals surface area contributed by atoms with Gasteiger partial charge in [0.2, 0.25) is 0 Å². The fourth-order valence-corrected chi connectivity index (χ4v) is 2.01. The molecule has 0 unspecified atom stereocenters.